The van der Waals surface area contributed by atoms with Crippen molar-refractivity contribution in [3.05, 3.63) is 82.7 Å². The van der Waals surface area contributed by atoms with Gasteiger partial charge in [-0.3, -0.25) is 4.79 Å². The molecule has 0 radical (unpaired) electrons. The first-order chi connectivity index (χ1) is 16.0. The summed E-state index contributed by atoms with van der Waals surface area (Å²) in [7, 11) is 2.13. The molecule has 3 aromatic heterocycles. The van der Waals surface area contributed by atoms with Crippen molar-refractivity contribution in [2.75, 3.05) is 18.9 Å². The average molecular weight is 441 g/mol. The van der Waals surface area contributed by atoms with Crippen LogP contribution in [0.15, 0.2) is 54.7 Å². The summed E-state index contributed by atoms with van der Waals surface area (Å²) in [6.45, 7) is 4.52. The number of aryl methyl sites for hydroxylation is 1. The third kappa shape index (κ3) is 4.07. The predicted molar refractivity (Wildman–Crippen MR) is 130 cm³/mol. The van der Waals surface area contributed by atoms with Crippen LogP contribution in [0, 0.1) is 6.92 Å². The molecular weight excluding hydrogens is 412 g/mol. The van der Waals surface area contributed by atoms with Crippen molar-refractivity contribution in [2.24, 2.45) is 5.73 Å². The summed E-state index contributed by atoms with van der Waals surface area (Å²) < 4.78 is 1.97. The van der Waals surface area contributed by atoms with Gasteiger partial charge in [-0.15, -0.1) is 0 Å². The first kappa shape index (κ1) is 21.2. The topological polar surface area (TPSA) is 88.5 Å². The predicted octanol–water partition coefficient (Wildman–Crippen LogP) is 3.79. The molecule has 4 aromatic rings. The van der Waals surface area contributed by atoms with Crippen molar-refractivity contribution in [1.29, 1.82) is 0 Å². The summed E-state index contributed by atoms with van der Waals surface area (Å²) in [6, 6.07) is 15.9. The van der Waals surface area contributed by atoms with E-state index < -0.39 is 5.91 Å². The van der Waals surface area contributed by atoms with Crippen LogP contribution in [0.3, 0.4) is 0 Å². The minimum absolute atomic E-state index is 0.445. The summed E-state index contributed by atoms with van der Waals surface area (Å²) in [5.41, 5.74) is 12.2. The highest BCUT2D eigenvalue weighted by molar-refractivity contribution is 6.00. The van der Waals surface area contributed by atoms with Crippen molar-refractivity contribution < 1.29 is 4.79 Å². The molecule has 5 rings (SSSR count). The van der Waals surface area contributed by atoms with Crippen LogP contribution in [-0.2, 0) is 19.5 Å². The van der Waals surface area contributed by atoms with E-state index in [2.05, 4.69) is 29.4 Å². The monoisotopic (exact) mass is 440 g/mol. The first-order valence-corrected chi connectivity index (χ1v) is 11.3. The quantitative estimate of drug-likeness (QED) is 0.493. The molecule has 0 atom stereocenters. The Morgan fingerprint density at radius 1 is 1.15 bits per heavy atom. The number of nitrogens with two attached hydrogens (primary N) is 1. The van der Waals surface area contributed by atoms with Gasteiger partial charge in [0.2, 0.25) is 0 Å². The SMILES string of the molecule is Cc1cc2c(C(N)=O)cccn2c1-c1nc2c(c(NCc3ccccc3)n1)CCCN(C)C2. The molecule has 1 aliphatic rings. The number of carbonyl (C=O) groups is 1. The van der Waals surface area contributed by atoms with Crippen LogP contribution in [0.25, 0.3) is 17.0 Å². The molecule has 33 heavy (non-hydrogen) atoms. The average Bonchev–Trinajstić information content (AvgIpc) is 3.02. The van der Waals surface area contributed by atoms with Crippen LogP contribution in [0.5, 0.6) is 0 Å². The van der Waals surface area contributed by atoms with Crippen LogP contribution in [0.2, 0.25) is 0 Å². The van der Waals surface area contributed by atoms with Gasteiger partial charge in [0.25, 0.3) is 5.91 Å². The third-order valence-electron chi connectivity index (χ3n) is 6.26. The van der Waals surface area contributed by atoms with Gasteiger partial charge in [-0.25, -0.2) is 9.97 Å². The number of nitrogens with zero attached hydrogens (tertiary/aromatic N) is 4. The number of carbonyl (C=O) groups excluding carboxylic acids is 1. The van der Waals surface area contributed by atoms with E-state index in [9.17, 15) is 4.79 Å². The fraction of sp³-hybridized carbons (Fsp3) is 0.269. The van der Waals surface area contributed by atoms with Gasteiger partial charge in [-0.1, -0.05) is 30.3 Å². The molecule has 168 valence electrons. The number of hydrogen-bond acceptors (Lipinski definition) is 5. The number of aromatic nitrogens is 3. The molecule has 0 unspecified atom stereocenters. The maximum absolute atomic E-state index is 12.0. The fourth-order valence-electron chi connectivity index (χ4n) is 4.64. The molecule has 7 heteroatoms. The lowest BCUT2D eigenvalue weighted by Gasteiger charge is -2.17. The normalized spacial score (nSPS) is 14.1. The second-order valence-corrected chi connectivity index (χ2v) is 8.72. The van der Waals surface area contributed by atoms with Gasteiger partial charge < -0.3 is 20.4 Å². The Bertz CT molecular complexity index is 1330. The summed E-state index contributed by atoms with van der Waals surface area (Å²) in [5, 5.41) is 3.58. The zero-order chi connectivity index (χ0) is 22.9. The van der Waals surface area contributed by atoms with E-state index in [4.69, 9.17) is 15.7 Å². The van der Waals surface area contributed by atoms with Crippen molar-refractivity contribution in [1.82, 2.24) is 19.3 Å². The highest BCUT2D eigenvalue weighted by Gasteiger charge is 2.22. The van der Waals surface area contributed by atoms with Crippen LogP contribution in [-0.4, -0.2) is 38.8 Å². The fourth-order valence-corrected chi connectivity index (χ4v) is 4.64. The minimum Gasteiger partial charge on any atom is -0.366 e. The van der Waals surface area contributed by atoms with Crippen LogP contribution < -0.4 is 11.1 Å². The van der Waals surface area contributed by atoms with E-state index in [1.54, 1.807) is 6.07 Å². The summed E-state index contributed by atoms with van der Waals surface area (Å²) in [5.74, 6) is 1.09. The zero-order valence-electron chi connectivity index (χ0n) is 19.0. The number of pyridine rings is 1. The second-order valence-electron chi connectivity index (χ2n) is 8.72. The zero-order valence-corrected chi connectivity index (χ0v) is 19.0. The molecular formula is C26H28N6O. The summed E-state index contributed by atoms with van der Waals surface area (Å²) in [6.07, 6.45) is 3.94. The number of fused-ring (bicyclic) bond motifs is 2. The number of benzene rings is 1. The number of nitrogens with one attached hydrogen (secondary N) is 1. The van der Waals surface area contributed by atoms with E-state index >= 15 is 0 Å². The van der Waals surface area contributed by atoms with Crippen molar-refractivity contribution in [3.63, 3.8) is 0 Å². The minimum atomic E-state index is -0.445. The lowest BCUT2D eigenvalue weighted by molar-refractivity contribution is 0.100. The maximum Gasteiger partial charge on any atom is 0.250 e. The molecule has 0 saturated carbocycles. The molecule has 3 N–H and O–H groups in total. The van der Waals surface area contributed by atoms with Gasteiger partial charge in [0.05, 0.1) is 22.5 Å². The second kappa shape index (κ2) is 8.67. The maximum atomic E-state index is 12.0. The number of primary amides is 1. The smallest absolute Gasteiger partial charge is 0.250 e. The molecule has 0 saturated heterocycles. The Kier molecular flexibility index (Phi) is 5.56. The number of rotatable bonds is 5. The lowest BCUT2D eigenvalue weighted by atomic mass is 10.1. The van der Waals surface area contributed by atoms with E-state index in [0.717, 1.165) is 54.2 Å². The first-order valence-electron chi connectivity index (χ1n) is 11.3. The summed E-state index contributed by atoms with van der Waals surface area (Å²) in [4.78, 5) is 24.3. The number of amides is 1. The molecule has 0 bridgehead atoms. The third-order valence-corrected chi connectivity index (χ3v) is 6.26. The van der Waals surface area contributed by atoms with E-state index in [-0.39, 0.29) is 0 Å². The molecule has 0 spiro atoms. The van der Waals surface area contributed by atoms with E-state index in [1.165, 1.54) is 11.1 Å². The highest BCUT2D eigenvalue weighted by Crippen LogP contribution is 2.31. The van der Waals surface area contributed by atoms with Gasteiger partial charge in [0, 0.05) is 24.8 Å². The Morgan fingerprint density at radius 3 is 2.76 bits per heavy atom. The van der Waals surface area contributed by atoms with Crippen molar-refractivity contribution >= 4 is 17.2 Å². The van der Waals surface area contributed by atoms with Gasteiger partial charge >= 0.3 is 0 Å². The largest absolute Gasteiger partial charge is 0.366 e. The molecule has 0 aliphatic carbocycles. The van der Waals surface area contributed by atoms with Gasteiger partial charge in [-0.05, 0) is 62.7 Å². The standard InChI is InChI=1S/C26H28N6O/c1-17-14-22-20(24(27)33)11-7-13-32(22)23(17)26-29-21-16-31(2)12-6-10-19(21)25(30-26)28-15-18-8-4-3-5-9-18/h3-5,7-9,11,13-14H,6,10,12,15-16H2,1-2H3,(H2,27,33)(H,28,29,30). The number of hydrogen-bond donors (Lipinski definition) is 2. The molecule has 0 fully saturated rings. The number of anilines is 1. The lowest BCUT2D eigenvalue weighted by Crippen LogP contribution is -2.18. The van der Waals surface area contributed by atoms with Gasteiger partial charge in [0.15, 0.2) is 5.82 Å². The highest BCUT2D eigenvalue weighted by atomic mass is 16.1. The van der Waals surface area contributed by atoms with E-state index in [1.807, 2.05) is 47.9 Å². The van der Waals surface area contributed by atoms with Gasteiger partial charge in [0.1, 0.15) is 5.82 Å². The van der Waals surface area contributed by atoms with Crippen molar-refractivity contribution in [3.8, 4) is 11.5 Å². The Hall–Kier alpha value is -3.71. The van der Waals surface area contributed by atoms with Crippen LogP contribution in [0.4, 0.5) is 5.82 Å². The van der Waals surface area contributed by atoms with Gasteiger partial charge in [-0.2, -0.15) is 0 Å². The molecule has 1 amide bonds. The van der Waals surface area contributed by atoms with Crippen molar-refractivity contribution in [2.45, 2.75) is 32.9 Å². The molecule has 4 heterocycles. The van der Waals surface area contributed by atoms with E-state index in [0.29, 0.717) is 17.9 Å². The van der Waals surface area contributed by atoms with Crippen LogP contribution in [0.1, 0.15) is 39.2 Å². The van der Waals surface area contributed by atoms with Crippen LogP contribution >= 0.6 is 0 Å². The molecule has 7 nitrogen and oxygen atoms in total. The Morgan fingerprint density at radius 2 is 1.97 bits per heavy atom. The Labute approximate surface area is 193 Å². The Balaban J connectivity index is 1.65. The molecule has 1 aliphatic heterocycles. The summed E-state index contributed by atoms with van der Waals surface area (Å²) >= 11 is 0. The molecule has 1 aromatic carbocycles.